The van der Waals surface area contributed by atoms with Crippen LogP contribution < -0.4 is 15.4 Å². The number of pyridine rings is 1. The first kappa shape index (κ1) is 23.5. The van der Waals surface area contributed by atoms with E-state index in [-0.39, 0.29) is 12.1 Å². The molecule has 2 aromatic heterocycles. The highest BCUT2D eigenvalue weighted by molar-refractivity contribution is 6.09. The molecular weight excluding hydrogens is 456 g/mol. The summed E-state index contributed by atoms with van der Waals surface area (Å²) < 4.78 is 10.7. The van der Waals surface area contributed by atoms with Gasteiger partial charge in [-0.3, -0.25) is 14.8 Å². The smallest absolute Gasteiger partial charge is 0.316 e. The number of rotatable bonds is 10. The number of nitrogens with zero attached hydrogens (tertiary/aromatic N) is 3. The van der Waals surface area contributed by atoms with E-state index < -0.39 is 5.41 Å². The SMILES string of the molecule is CN/C(Nc1cncc(OC2CC2)n1)=C(\C=N)c1ccc(-c2ccc(C3(C(=O)OC)CC3)cc2)cn1. The van der Waals surface area contributed by atoms with Crippen LogP contribution >= 0.6 is 0 Å². The summed E-state index contributed by atoms with van der Waals surface area (Å²) in [6.07, 6.45) is 10.2. The van der Waals surface area contributed by atoms with E-state index in [1.807, 2.05) is 36.4 Å². The largest absolute Gasteiger partial charge is 0.473 e. The van der Waals surface area contributed by atoms with E-state index in [2.05, 4.69) is 25.6 Å². The molecule has 184 valence electrons. The molecule has 1 aromatic carbocycles. The van der Waals surface area contributed by atoms with E-state index >= 15 is 0 Å². The molecule has 0 atom stereocenters. The van der Waals surface area contributed by atoms with Crippen molar-refractivity contribution in [2.75, 3.05) is 19.5 Å². The number of carbonyl (C=O) groups excluding carboxylic acids is 1. The fraction of sp³-hybridized carbons (Fsp3) is 0.296. The fourth-order valence-electron chi connectivity index (χ4n) is 4.13. The maximum atomic E-state index is 12.2. The van der Waals surface area contributed by atoms with Crippen LogP contribution in [0.25, 0.3) is 16.7 Å². The Morgan fingerprint density at radius 2 is 1.83 bits per heavy atom. The molecule has 3 N–H and O–H groups in total. The first-order valence-corrected chi connectivity index (χ1v) is 11.9. The zero-order chi connectivity index (χ0) is 25.1. The molecule has 2 saturated carbocycles. The second-order valence-electron chi connectivity index (χ2n) is 8.95. The molecule has 2 heterocycles. The van der Waals surface area contributed by atoms with Gasteiger partial charge in [0.05, 0.1) is 36.2 Å². The van der Waals surface area contributed by atoms with Gasteiger partial charge in [0.1, 0.15) is 11.9 Å². The van der Waals surface area contributed by atoms with Crippen LogP contribution in [0.2, 0.25) is 0 Å². The van der Waals surface area contributed by atoms with Crippen LogP contribution in [-0.2, 0) is 14.9 Å². The molecule has 0 radical (unpaired) electrons. The number of esters is 1. The number of methoxy groups -OCH3 is 1. The van der Waals surface area contributed by atoms with E-state index in [0.717, 1.165) is 42.4 Å². The van der Waals surface area contributed by atoms with Crippen molar-refractivity contribution in [3.63, 3.8) is 0 Å². The Balaban J connectivity index is 1.34. The minimum atomic E-state index is -0.483. The van der Waals surface area contributed by atoms with Gasteiger partial charge in [-0.2, -0.15) is 4.98 Å². The highest BCUT2D eigenvalue weighted by Gasteiger charge is 2.52. The molecule has 0 aliphatic heterocycles. The predicted octanol–water partition coefficient (Wildman–Crippen LogP) is 3.93. The minimum Gasteiger partial charge on any atom is -0.473 e. The van der Waals surface area contributed by atoms with Crippen molar-refractivity contribution in [2.45, 2.75) is 37.2 Å². The summed E-state index contributed by atoms with van der Waals surface area (Å²) in [4.78, 5) is 25.4. The second kappa shape index (κ2) is 9.77. The van der Waals surface area contributed by atoms with Crippen molar-refractivity contribution in [1.82, 2.24) is 20.3 Å². The van der Waals surface area contributed by atoms with Gasteiger partial charge in [-0.15, -0.1) is 0 Å². The standard InChI is InChI=1S/C27H28N6O3/c1-29-25(33-23-15-30-16-24(32-23)36-20-8-9-20)21(13-28)22-10-5-18(14-31-22)17-3-6-19(7-4-17)27(11-12-27)26(34)35-2/h3-7,10,13-16,20,28-29H,8-9,11-12H2,1-2H3,(H,32,33)/b25-21-,28-13?. The summed E-state index contributed by atoms with van der Waals surface area (Å²) in [5.74, 6) is 1.38. The minimum absolute atomic E-state index is 0.172. The zero-order valence-electron chi connectivity index (χ0n) is 20.2. The van der Waals surface area contributed by atoms with Gasteiger partial charge in [0.25, 0.3) is 0 Å². The van der Waals surface area contributed by atoms with Crippen molar-refractivity contribution >= 4 is 23.6 Å². The van der Waals surface area contributed by atoms with Crippen molar-refractivity contribution in [3.05, 3.63) is 72.1 Å². The third-order valence-electron chi connectivity index (χ3n) is 6.48. The number of ether oxygens (including phenoxy) is 2. The van der Waals surface area contributed by atoms with E-state index in [9.17, 15) is 4.79 Å². The van der Waals surface area contributed by atoms with Gasteiger partial charge < -0.3 is 25.5 Å². The highest BCUT2D eigenvalue weighted by Crippen LogP contribution is 2.49. The molecule has 36 heavy (non-hydrogen) atoms. The quantitative estimate of drug-likeness (QED) is 0.292. The first-order valence-electron chi connectivity index (χ1n) is 11.9. The molecule has 0 saturated heterocycles. The van der Waals surface area contributed by atoms with Crippen LogP contribution in [0.1, 0.15) is 36.9 Å². The van der Waals surface area contributed by atoms with Gasteiger partial charge in [-0.1, -0.05) is 30.3 Å². The second-order valence-corrected chi connectivity index (χ2v) is 8.95. The van der Waals surface area contributed by atoms with Crippen LogP contribution in [0, 0.1) is 5.41 Å². The lowest BCUT2D eigenvalue weighted by Crippen LogP contribution is -2.21. The van der Waals surface area contributed by atoms with Gasteiger partial charge >= 0.3 is 5.97 Å². The summed E-state index contributed by atoms with van der Waals surface area (Å²) in [6.45, 7) is 0. The number of hydrogen-bond donors (Lipinski definition) is 3. The van der Waals surface area contributed by atoms with Crippen LogP contribution in [0.3, 0.4) is 0 Å². The lowest BCUT2D eigenvalue weighted by molar-refractivity contribution is -0.143. The monoisotopic (exact) mass is 484 g/mol. The Kier molecular flexibility index (Phi) is 6.37. The van der Waals surface area contributed by atoms with E-state index in [1.54, 1.807) is 25.6 Å². The first-order chi connectivity index (χ1) is 17.6. The molecule has 5 rings (SSSR count). The van der Waals surface area contributed by atoms with Gasteiger partial charge in [0.15, 0.2) is 5.82 Å². The predicted molar refractivity (Wildman–Crippen MR) is 137 cm³/mol. The van der Waals surface area contributed by atoms with Crippen LogP contribution in [0.4, 0.5) is 5.82 Å². The maximum Gasteiger partial charge on any atom is 0.316 e. The van der Waals surface area contributed by atoms with Crippen molar-refractivity contribution in [2.24, 2.45) is 0 Å². The number of anilines is 1. The highest BCUT2D eigenvalue weighted by atomic mass is 16.5. The van der Waals surface area contributed by atoms with Crippen LogP contribution in [-0.4, -0.2) is 47.4 Å². The molecular formula is C27H28N6O3. The molecule has 0 spiro atoms. The normalized spacial score (nSPS) is 16.4. The molecule has 2 aliphatic carbocycles. The molecule has 0 amide bonds. The average Bonchev–Trinajstić information content (AvgIpc) is 3.85. The van der Waals surface area contributed by atoms with Gasteiger partial charge in [0, 0.05) is 25.0 Å². The third-order valence-corrected chi connectivity index (χ3v) is 6.48. The Bertz CT molecular complexity index is 1300. The summed E-state index contributed by atoms with van der Waals surface area (Å²) in [7, 11) is 3.20. The fourth-order valence-corrected chi connectivity index (χ4v) is 4.13. The number of aromatic nitrogens is 3. The molecule has 9 nitrogen and oxygen atoms in total. The number of hydrogen-bond acceptors (Lipinski definition) is 9. The van der Waals surface area contributed by atoms with Crippen molar-refractivity contribution in [3.8, 4) is 17.0 Å². The van der Waals surface area contributed by atoms with E-state index in [0.29, 0.717) is 28.8 Å². The molecule has 0 bridgehead atoms. The van der Waals surface area contributed by atoms with Crippen LogP contribution in [0.5, 0.6) is 5.88 Å². The molecule has 3 aromatic rings. The van der Waals surface area contributed by atoms with Crippen LogP contribution in [0.15, 0.2) is 60.8 Å². The number of benzene rings is 1. The Morgan fingerprint density at radius 1 is 1.08 bits per heavy atom. The number of carbonyl (C=O) groups is 1. The molecule has 9 heteroatoms. The molecule has 0 unspecified atom stereocenters. The Hall–Kier alpha value is -4.27. The summed E-state index contributed by atoms with van der Waals surface area (Å²) in [5, 5.41) is 14.3. The summed E-state index contributed by atoms with van der Waals surface area (Å²) in [6, 6.07) is 11.8. The molecule has 2 fully saturated rings. The van der Waals surface area contributed by atoms with E-state index in [4.69, 9.17) is 14.9 Å². The van der Waals surface area contributed by atoms with E-state index in [1.165, 1.54) is 13.3 Å². The zero-order valence-corrected chi connectivity index (χ0v) is 20.2. The Morgan fingerprint density at radius 3 is 2.42 bits per heavy atom. The van der Waals surface area contributed by atoms with Gasteiger partial charge in [-0.05, 0) is 42.9 Å². The summed E-state index contributed by atoms with van der Waals surface area (Å²) in [5.41, 5.74) is 3.63. The summed E-state index contributed by atoms with van der Waals surface area (Å²) >= 11 is 0. The molecule has 2 aliphatic rings. The maximum absolute atomic E-state index is 12.2. The number of allylic oxidation sites excluding steroid dienone is 1. The lowest BCUT2D eigenvalue weighted by atomic mass is 9.94. The third kappa shape index (κ3) is 4.77. The van der Waals surface area contributed by atoms with Crippen molar-refractivity contribution in [1.29, 1.82) is 5.41 Å². The topological polar surface area (TPSA) is 122 Å². The average molecular weight is 485 g/mol. The van der Waals surface area contributed by atoms with Gasteiger partial charge in [-0.25, -0.2) is 0 Å². The van der Waals surface area contributed by atoms with Crippen molar-refractivity contribution < 1.29 is 14.3 Å². The Labute approximate surface area is 209 Å². The van der Waals surface area contributed by atoms with Gasteiger partial charge in [0.2, 0.25) is 5.88 Å². The lowest BCUT2D eigenvalue weighted by Gasteiger charge is -2.15. The number of nitrogens with one attached hydrogen (secondary N) is 3.